The molecule has 0 aliphatic heterocycles. The monoisotopic (exact) mass is 254 g/mol. The largest absolute Gasteiger partial charge is 0.375 e. The quantitative estimate of drug-likeness (QED) is 0.488. The van der Waals surface area contributed by atoms with Crippen molar-refractivity contribution >= 4 is 0 Å². The lowest BCUT2D eigenvalue weighted by atomic mass is 9.73. The van der Waals surface area contributed by atoms with Gasteiger partial charge in [-0.25, -0.2) is 0 Å². The lowest BCUT2D eigenvalue weighted by molar-refractivity contribution is -0.0445. The highest BCUT2D eigenvalue weighted by Gasteiger charge is 2.53. The second-order valence-corrected chi connectivity index (χ2v) is 7.12. The third-order valence-electron chi connectivity index (χ3n) is 4.45. The van der Waals surface area contributed by atoms with Gasteiger partial charge >= 0.3 is 0 Å². The molecule has 1 rings (SSSR count). The van der Waals surface area contributed by atoms with Crippen molar-refractivity contribution in [2.75, 3.05) is 6.61 Å². The van der Waals surface area contributed by atoms with Gasteiger partial charge in [-0.3, -0.25) is 0 Å². The van der Waals surface area contributed by atoms with Crippen LogP contribution in [0, 0.1) is 11.3 Å². The van der Waals surface area contributed by atoms with Crippen LogP contribution in [0.3, 0.4) is 0 Å². The molecule has 1 aliphatic rings. The first kappa shape index (κ1) is 16.0. The zero-order chi connectivity index (χ0) is 13.6. The first-order chi connectivity index (χ1) is 8.46. The van der Waals surface area contributed by atoms with Gasteiger partial charge in [-0.05, 0) is 37.5 Å². The summed E-state index contributed by atoms with van der Waals surface area (Å²) < 4.78 is 6.11. The van der Waals surface area contributed by atoms with Crippen molar-refractivity contribution in [3.63, 3.8) is 0 Å². The fourth-order valence-electron chi connectivity index (χ4n) is 3.44. The lowest BCUT2D eigenvalue weighted by Crippen LogP contribution is -2.36. The van der Waals surface area contributed by atoms with E-state index in [4.69, 9.17) is 4.74 Å². The van der Waals surface area contributed by atoms with Gasteiger partial charge in [0, 0.05) is 6.61 Å². The van der Waals surface area contributed by atoms with Crippen LogP contribution >= 0.6 is 0 Å². The molecule has 108 valence electrons. The highest BCUT2D eigenvalue weighted by molar-refractivity contribution is 5.04. The van der Waals surface area contributed by atoms with Crippen molar-refractivity contribution in [2.24, 2.45) is 11.3 Å². The van der Waals surface area contributed by atoms with E-state index in [2.05, 4.69) is 34.6 Å². The summed E-state index contributed by atoms with van der Waals surface area (Å²) in [6, 6.07) is 0. The van der Waals surface area contributed by atoms with Gasteiger partial charge in [-0.15, -0.1) is 0 Å². The van der Waals surface area contributed by atoms with Crippen molar-refractivity contribution in [3.05, 3.63) is 0 Å². The summed E-state index contributed by atoms with van der Waals surface area (Å²) in [7, 11) is 0. The Morgan fingerprint density at radius 3 is 2.06 bits per heavy atom. The molecular weight excluding hydrogens is 220 g/mol. The first-order valence-corrected chi connectivity index (χ1v) is 8.10. The van der Waals surface area contributed by atoms with Gasteiger partial charge in [-0.1, -0.05) is 59.8 Å². The van der Waals surface area contributed by atoms with E-state index in [-0.39, 0.29) is 5.60 Å². The Balaban J connectivity index is 2.43. The van der Waals surface area contributed by atoms with Gasteiger partial charge in [0.25, 0.3) is 0 Å². The highest BCUT2D eigenvalue weighted by Crippen LogP contribution is 2.54. The van der Waals surface area contributed by atoms with Gasteiger partial charge in [0.15, 0.2) is 0 Å². The van der Waals surface area contributed by atoms with E-state index in [0.717, 1.165) is 12.5 Å². The van der Waals surface area contributed by atoms with Crippen LogP contribution in [-0.2, 0) is 4.74 Å². The number of rotatable bonds is 9. The van der Waals surface area contributed by atoms with Crippen LogP contribution in [-0.4, -0.2) is 12.2 Å². The van der Waals surface area contributed by atoms with E-state index in [1.165, 1.54) is 51.4 Å². The van der Waals surface area contributed by atoms with Gasteiger partial charge in [0.2, 0.25) is 0 Å². The second-order valence-electron chi connectivity index (χ2n) is 7.12. The SMILES string of the molecule is CCCCCCCC(C(C)(C)C)C1(OCC)CC1. The molecule has 0 aromatic rings. The summed E-state index contributed by atoms with van der Waals surface area (Å²) in [5.74, 6) is 0.742. The smallest absolute Gasteiger partial charge is 0.0717 e. The van der Waals surface area contributed by atoms with Gasteiger partial charge in [0.05, 0.1) is 5.60 Å². The molecule has 0 bridgehead atoms. The molecule has 0 spiro atoms. The van der Waals surface area contributed by atoms with Crippen LogP contribution in [0.4, 0.5) is 0 Å². The van der Waals surface area contributed by atoms with E-state index < -0.39 is 0 Å². The Bertz CT molecular complexity index is 222. The second kappa shape index (κ2) is 6.93. The van der Waals surface area contributed by atoms with Crippen molar-refractivity contribution in [2.45, 2.75) is 91.6 Å². The number of hydrogen-bond acceptors (Lipinski definition) is 1. The lowest BCUT2D eigenvalue weighted by Gasteiger charge is -2.37. The Hall–Kier alpha value is -0.0400. The van der Waals surface area contributed by atoms with Crippen LogP contribution in [0.2, 0.25) is 0 Å². The molecule has 0 aromatic carbocycles. The summed E-state index contributed by atoms with van der Waals surface area (Å²) >= 11 is 0. The molecule has 0 amide bonds. The van der Waals surface area contributed by atoms with Crippen LogP contribution in [0.1, 0.15) is 86.0 Å². The van der Waals surface area contributed by atoms with E-state index in [9.17, 15) is 0 Å². The Kier molecular flexibility index (Phi) is 6.17. The summed E-state index contributed by atoms with van der Waals surface area (Å²) in [4.78, 5) is 0. The minimum atomic E-state index is 0.248. The van der Waals surface area contributed by atoms with E-state index in [1.807, 2.05) is 0 Å². The molecule has 1 nitrogen and oxygen atoms in total. The Morgan fingerprint density at radius 1 is 1.00 bits per heavy atom. The maximum absolute atomic E-state index is 6.11. The van der Waals surface area contributed by atoms with E-state index in [0.29, 0.717) is 5.41 Å². The van der Waals surface area contributed by atoms with Gasteiger partial charge in [-0.2, -0.15) is 0 Å². The molecular formula is C17H34O. The fourth-order valence-corrected chi connectivity index (χ4v) is 3.44. The standard InChI is InChI=1S/C17H34O/c1-6-8-9-10-11-12-15(16(3,4)5)17(13-14-17)18-7-2/h15H,6-14H2,1-5H3. The molecule has 1 unspecified atom stereocenters. The fraction of sp³-hybridized carbons (Fsp3) is 1.00. The highest BCUT2D eigenvalue weighted by atomic mass is 16.5. The number of hydrogen-bond donors (Lipinski definition) is 0. The summed E-state index contributed by atoms with van der Waals surface area (Å²) in [6.07, 6.45) is 10.9. The zero-order valence-corrected chi connectivity index (χ0v) is 13.3. The summed E-state index contributed by atoms with van der Waals surface area (Å²) in [5.41, 5.74) is 0.633. The molecule has 1 heteroatoms. The predicted octanol–water partition coefficient (Wildman–Crippen LogP) is 5.58. The molecule has 0 saturated heterocycles. The molecule has 0 aromatic heterocycles. The van der Waals surface area contributed by atoms with Crippen LogP contribution in [0.15, 0.2) is 0 Å². The maximum Gasteiger partial charge on any atom is 0.0717 e. The van der Waals surface area contributed by atoms with Crippen LogP contribution in [0.5, 0.6) is 0 Å². The molecule has 0 radical (unpaired) electrons. The van der Waals surface area contributed by atoms with Crippen LogP contribution in [0.25, 0.3) is 0 Å². The number of unbranched alkanes of at least 4 members (excludes halogenated alkanes) is 4. The average Bonchev–Trinajstić information content (AvgIpc) is 3.02. The maximum atomic E-state index is 6.11. The summed E-state index contributed by atoms with van der Waals surface area (Å²) in [5, 5.41) is 0. The Morgan fingerprint density at radius 2 is 1.61 bits per heavy atom. The van der Waals surface area contributed by atoms with E-state index in [1.54, 1.807) is 0 Å². The topological polar surface area (TPSA) is 9.23 Å². The van der Waals surface area contributed by atoms with Crippen molar-refractivity contribution in [1.82, 2.24) is 0 Å². The average molecular weight is 254 g/mol. The van der Waals surface area contributed by atoms with Crippen LogP contribution < -0.4 is 0 Å². The third-order valence-corrected chi connectivity index (χ3v) is 4.45. The first-order valence-electron chi connectivity index (χ1n) is 8.10. The van der Waals surface area contributed by atoms with Crippen molar-refractivity contribution < 1.29 is 4.74 Å². The molecule has 1 aliphatic carbocycles. The van der Waals surface area contributed by atoms with Gasteiger partial charge in [0.1, 0.15) is 0 Å². The van der Waals surface area contributed by atoms with E-state index >= 15 is 0 Å². The molecule has 18 heavy (non-hydrogen) atoms. The predicted molar refractivity (Wildman–Crippen MR) is 79.9 cm³/mol. The molecule has 1 atom stereocenters. The van der Waals surface area contributed by atoms with Crippen molar-refractivity contribution in [1.29, 1.82) is 0 Å². The molecule has 1 saturated carbocycles. The Labute approximate surface area is 115 Å². The third kappa shape index (κ3) is 4.57. The zero-order valence-electron chi connectivity index (χ0n) is 13.3. The molecule has 0 heterocycles. The minimum absolute atomic E-state index is 0.248. The van der Waals surface area contributed by atoms with Crippen molar-refractivity contribution in [3.8, 4) is 0 Å². The number of ether oxygens (including phenoxy) is 1. The molecule has 1 fully saturated rings. The minimum Gasteiger partial charge on any atom is -0.375 e. The molecule has 0 N–H and O–H groups in total. The normalized spacial score (nSPS) is 19.8. The van der Waals surface area contributed by atoms with Gasteiger partial charge < -0.3 is 4.74 Å². The summed E-state index contributed by atoms with van der Waals surface area (Å²) in [6.45, 7) is 12.5.